The molecule has 1 heterocycles. The first-order valence-corrected chi connectivity index (χ1v) is 4.44. The van der Waals surface area contributed by atoms with Crippen LogP contribution >= 0.6 is 0 Å². The van der Waals surface area contributed by atoms with E-state index in [2.05, 4.69) is 16.8 Å². The van der Waals surface area contributed by atoms with Crippen molar-refractivity contribution in [2.75, 3.05) is 0 Å². The summed E-state index contributed by atoms with van der Waals surface area (Å²) in [4.78, 5) is 3.30. The van der Waals surface area contributed by atoms with Gasteiger partial charge < -0.3 is 10.3 Å². The number of pyridine rings is 1. The maximum atomic E-state index is 12.1. The Morgan fingerprint density at radius 2 is 2.00 bits per heavy atom. The van der Waals surface area contributed by atoms with Crippen molar-refractivity contribution in [1.82, 2.24) is 10.3 Å². The third-order valence-electron chi connectivity index (χ3n) is 1.56. The van der Waals surface area contributed by atoms with Gasteiger partial charge in [-0.1, -0.05) is 26.1 Å². The van der Waals surface area contributed by atoms with Crippen LogP contribution in [0.4, 0.5) is 13.2 Å². The lowest BCUT2D eigenvalue weighted by Crippen LogP contribution is -2.20. The highest BCUT2D eigenvalue weighted by Gasteiger charge is 2.30. The molecule has 15 heavy (non-hydrogen) atoms. The topological polar surface area (TPSA) is 24.9 Å². The summed E-state index contributed by atoms with van der Waals surface area (Å²) in [5.74, 6) is 0. The van der Waals surface area contributed by atoms with Gasteiger partial charge in [-0.15, -0.1) is 6.54 Å². The zero-order valence-corrected chi connectivity index (χ0v) is 8.39. The van der Waals surface area contributed by atoms with Gasteiger partial charge in [0.1, 0.15) is 5.69 Å². The molecule has 0 spiro atoms. The molecule has 0 saturated carbocycles. The Labute approximate surface area is 86.5 Å². The molecule has 0 unspecified atom stereocenters. The molecule has 1 N–H and O–H groups in total. The molecule has 1 aromatic heterocycles. The van der Waals surface area contributed by atoms with E-state index in [-0.39, 0.29) is 6.04 Å². The Morgan fingerprint density at radius 1 is 1.33 bits per heavy atom. The van der Waals surface area contributed by atoms with Crippen molar-refractivity contribution in [1.29, 1.82) is 0 Å². The minimum absolute atomic E-state index is 0.187. The van der Waals surface area contributed by atoms with E-state index in [9.17, 15) is 13.2 Å². The fourth-order valence-corrected chi connectivity index (χ4v) is 0.863. The molecular weight excluding hydrogens is 205 g/mol. The van der Waals surface area contributed by atoms with Crippen LogP contribution in [-0.2, 0) is 6.18 Å². The van der Waals surface area contributed by atoms with Crippen LogP contribution in [0, 0.1) is 6.54 Å². The molecule has 0 aliphatic carbocycles. The molecule has 2 nitrogen and oxygen atoms in total. The Hall–Kier alpha value is -1.23. The highest BCUT2D eigenvalue weighted by Crippen LogP contribution is 2.27. The van der Waals surface area contributed by atoms with Gasteiger partial charge in [0, 0.05) is 0 Å². The lowest BCUT2D eigenvalue weighted by molar-refractivity contribution is -0.141. The predicted octanol–water partition coefficient (Wildman–Crippen LogP) is 2.49. The molecule has 0 bridgehead atoms. The summed E-state index contributed by atoms with van der Waals surface area (Å²) in [5.41, 5.74) is -0.394. The highest BCUT2D eigenvalue weighted by atomic mass is 19.4. The normalized spacial score (nSPS) is 11.9. The molecule has 0 aliphatic heterocycles. The molecule has 83 valence electrons. The first kappa shape index (κ1) is 11.8. The lowest BCUT2D eigenvalue weighted by Gasteiger charge is -2.15. The third-order valence-corrected chi connectivity index (χ3v) is 1.56. The first-order valence-electron chi connectivity index (χ1n) is 4.44. The van der Waals surface area contributed by atoms with Crippen molar-refractivity contribution in [2.45, 2.75) is 26.1 Å². The zero-order chi connectivity index (χ0) is 11.5. The van der Waals surface area contributed by atoms with Crippen molar-refractivity contribution in [3.8, 4) is 0 Å². The van der Waals surface area contributed by atoms with E-state index >= 15 is 0 Å². The third kappa shape index (κ3) is 3.79. The molecule has 0 saturated heterocycles. The summed E-state index contributed by atoms with van der Waals surface area (Å²) in [7, 11) is 0. The maximum Gasteiger partial charge on any atom is 0.431 e. The van der Waals surface area contributed by atoms with E-state index in [1.165, 1.54) is 6.07 Å². The van der Waals surface area contributed by atoms with Crippen LogP contribution in [0.3, 0.4) is 0 Å². The van der Waals surface area contributed by atoms with Crippen LogP contribution in [-0.4, -0.2) is 11.0 Å². The van der Waals surface area contributed by atoms with Gasteiger partial charge in [-0.05, 0) is 6.04 Å². The standard InChI is InChI=1S/C10H11F3N2/c1-7(2)14-5-8-3-4-9(15-6-8)10(11,12)13/h3-4,6-7,14H,1-2H3/q-1. The van der Waals surface area contributed by atoms with Gasteiger partial charge in [-0.2, -0.15) is 24.8 Å². The number of hydrogen-bond acceptors (Lipinski definition) is 2. The first-order chi connectivity index (χ1) is 6.89. The number of hydrogen-bond donors (Lipinski definition) is 1. The Bertz CT molecular complexity index is 303. The molecule has 5 heteroatoms. The number of alkyl halides is 3. The summed E-state index contributed by atoms with van der Waals surface area (Å²) < 4.78 is 36.4. The van der Waals surface area contributed by atoms with Crippen LogP contribution < -0.4 is 5.32 Å². The minimum atomic E-state index is -4.38. The highest BCUT2D eigenvalue weighted by molar-refractivity contribution is 5.21. The quantitative estimate of drug-likeness (QED) is 0.620. The van der Waals surface area contributed by atoms with Crippen molar-refractivity contribution in [2.24, 2.45) is 0 Å². The van der Waals surface area contributed by atoms with Gasteiger partial charge in [0.05, 0.1) is 0 Å². The number of nitrogens with one attached hydrogen (secondary N) is 1. The summed E-state index contributed by atoms with van der Waals surface area (Å²) in [5, 5.41) is 2.85. The second-order valence-corrected chi connectivity index (χ2v) is 3.35. The van der Waals surface area contributed by atoms with E-state index in [0.29, 0.717) is 5.56 Å². The number of nitrogens with zero attached hydrogens (tertiary/aromatic N) is 1. The summed E-state index contributed by atoms with van der Waals surface area (Å²) in [6.45, 7) is 6.56. The number of halogens is 3. The van der Waals surface area contributed by atoms with Crippen LogP contribution in [0.5, 0.6) is 0 Å². The molecule has 0 atom stereocenters. The van der Waals surface area contributed by atoms with E-state index in [1.807, 2.05) is 13.8 Å². The van der Waals surface area contributed by atoms with Crippen molar-refractivity contribution < 1.29 is 13.2 Å². The zero-order valence-electron chi connectivity index (χ0n) is 8.39. The second kappa shape index (κ2) is 4.53. The van der Waals surface area contributed by atoms with Crippen LogP contribution in [0.25, 0.3) is 0 Å². The summed E-state index contributed by atoms with van der Waals surface area (Å²) >= 11 is 0. The predicted molar refractivity (Wildman–Crippen MR) is 49.9 cm³/mol. The molecule has 0 aliphatic rings. The molecule has 0 fully saturated rings. The maximum absolute atomic E-state index is 12.1. The fourth-order valence-electron chi connectivity index (χ4n) is 0.863. The summed E-state index contributed by atoms with van der Waals surface area (Å²) in [6, 6.07) is 2.45. The lowest BCUT2D eigenvalue weighted by atomic mass is 10.2. The average Bonchev–Trinajstić information content (AvgIpc) is 2.14. The van der Waals surface area contributed by atoms with Gasteiger partial charge in [-0.25, -0.2) is 0 Å². The Kier molecular flexibility index (Phi) is 3.57. The Morgan fingerprint density at radius 3 is 2.40 bits per heavy atom. The molecular formula is C10H11F3N2-. The number of aromatic nitrogens is 1. The Balaban J connectivity index is 2.65. The van der Waals surface area contributed by atoms with Crippen molar-refractivity contribution in [3.63, 3.8) is 0 Å². The largest absolute Gasteiger partial charge is 0.431 e. The van der Waals surface area contributed by atoms with Crippen LogP contribution in [0.2, 0.25) is 0 Å². The molecule has 1 radical (unpaired) electrons. The van der Waals surface area contributed by atoms with Crippen LogP contribution in [0.15, 0.2) is 18.3 Å². The van der Waals surface area contributed by atoms with E-state index in [4.69, 9.17) is 0 Å². The number of rotatable bonds is 3. The van der Waals surface area contributed by atoms with E-state index in [1.54, 1.807) is 0 Å². The van der Waals surface area contributed by atoms with Crippen LogP contribution in [0.1, 0.15) is 25.1 Å². The molecule has 1 rings (SSSR count). The van der Waals surface area contributed by atoms with Crippen molar-refractivity contribution >= 4 is 0 Å². The van der Waals surface area contributed by atoms with E-state index < -0.39 is 11.9 Å². The average molecular weight is 216 g/mol. The molecule has 0 amide bonds. The molecule has 1 aromatic rings. The minimum Gasteiger partial charge on any atom is -0.348 e. The SMILES string of the molecule is CC(C)N[C-]c1ccc(C(F)(F)F)nc1. The van der Waals surface area contributed by atoms with Gasteiger partial charge in [0.2, 0.25) is 0 Å². The second-order valence-electron chi connectivity index (χ2n) is 3.35. The monoisotopic (exact) mass is 216 g/mol. The summed E-state index contributed by atoms with van der Waals surface area (Å²) in [6.07, 6.45) is -3.25. The molecule has 0 aromatic carbocycles. The van der Waals surface area contributed by atoms with Crippen molar-refractivity contribution in [3.05, 3.63) is 36.1 Å². The fraction of sp³-hybridized carbons (Fsp3) is 0.400. The van der Waals surface area contributed by atoms with Gasteiger partial charge in [-0.3, -0.25) is 0 Å². The van der Waals surface area contributed by atoms with Gasteiger partial charge in [0.25, 0.3) is 0 Å². The van der Waals surface area contributed by atoms with Gasteiger partial charge >= 0.3 is 6.18 Å². The van der Waals surface area contributed by atoms with E-state index in [0.717, 1.165) is 12.3 Å². The smallest absolute Gasteiger partial charge is 0.348 e. The van der Waals surface area contributed by atoms with Gasteiger partial charge in [0.15, 0.2) is 0 Å².